The van der Waals surface area contributed by atoms with E-state index in [2.05, 4.69) is 69.8 Å². The van der Waals surface area contributed by atoms with Gasteiger partial charge in [0.05, 0.1) is 27.0 Å². The van der Waals surface area contributed by atoms with E-state index in [0.29, 0.717) is 136 Å². The van der Waals surface area contributed by atoms with Crippen LogP contribution in [0.15, 0.2) is 303 Å². The number of likely N-dealkylation sites (tertiary alicyclic amines) is 3. The second-order valence-corrected chi connectivity index (χ2v) is 37.0. The Balaban J connectivity index is 0.000000224. The third-order valence-electron chi connectivity index (χ3n) is 23.7. The van der Waals surface area contributed by atoms with Gasteiger partial charge in [0.15, 0.2) is 0 Å². The van der Waals surface area contributed by atoms with Gasteiger partial charge in [0.25, 0.3) is 0 Å². The maximum atomic E-state index is 13.5. The molecule has 0 spiro atoms. The Morgan fingerprint density at radius 2 is 0.576 bits per heavy atom. The normalized spacial score (nSPS) is 14.9. The van der Waals surface area contributed by atoms with Gasteiger partial charge in [-0.1, -0.05) is 311 Å². The van der Waals surface area contributed by atoms with Crippen LogP contribution in [0.3, 0.4) is 0 Å². The molecule has 19 nitrogen and oxygen atoms in total. The molecule has 704 valence electrons. The van der Waals surface area contributed by atoms with Gasteiger partial charge in [-0.3, -0.25) is 28.8 Å². The van der Waals surface area contributed by atoms with Crippen molar-refractivity contribution in [1.29, 1.82) is 0 Å². The van der Waals surface area contributed by atoms with Crippen molar-refractivity contribution in [1.82, 2.24) is 36.0 Å². The number of piperidine rings is 4. The summed E-state index contributed by atoms with van der Waals surface area (Å²) in [7, 11) is 0. The van der Waals surface area contributed by atoms with Crippen LogP contribution in [0.25, 0.3) is 0 Å². The smallest absolute Gasteiger partial charge is 0.410 e. The lowest BCUT2D eigenvalue weighted by Gasteiger charge is -2.41. The van der Waals surface area contributed by atoms with Crippen LogP contribution in [-0.4, -0.2) is 136 Å². The van der Waals surface area contributed by atoms with Gasteiger partial charge in [0.1, 0.15) is 11.2 Å². The number of carbonyl (C=O) groups excluding carboxylic acids is 7. The summed E-state index contributed by atoms with van der Waals surface area (Å²) in [5.41, 5.74) is 13.6. The van der Waals surface area contributed by atoms with Gasteiger partial charge in [0.2, 0.25) is 28.9 Å². The van der Waals surface area contributed by atoms with Crippen molar-refractivity contribution < 1.29 is 52.9 Å². The predicted molar refractivity (Wildman–Crippen MR) is 533 cm³/mol. The van der Waals surface area contributed by atoms with Crippen molar-refractivity contribution in [3.05, 3.63) is 359 Å². The van der Waals surface area contributed by atoms with Gasteiger partial charge in [-0.15, -0.1) is 23.2 Å². The number of hydrogen-bond acceptors (Lipinski definition) is 12. The van der Waals surface area contributed by atoms with Crippen molar-refractivity contribution in [3.8, 4) is 0 Å². The minimum atomic E-state index is -0.806. The number of rotatable bonds is 25. The maximum absolute atomic E-state index is 13.5. The summed E-state index contributed by atoms with van der Waals surface area (Å²) in [5, 5.41) is 22.5. The van der Waals surface area contributed by atoms with Crippen LogP contribution in [0.4, 0.5) is 9.59 Å². The third kappa shape index (κ3) is 38.0. The number of amides is 6. The highest BCUT2D eigenvalue weighted by atomic mass is 35.5. The first kappa shape index (κ1) is 108. The molecule has 0 unspecified atom stereocenters. The van der Waals surface area contributed by atoms with Crippen LogP contribution < -0.4 is 27.0 Å². The molecule has 7 N–H and O–H groups in total. The van der Waals surface area contributed by atoms with E-state index in [4.69, 9.17) is 50.0 Å². The zero-order chi connectivity index (χ0) is 94.2. The van der Waals surface area contributed by atoms with Crippen LogP contribution in [-0.2, 0) is 103 Å². The third-order valence-corrected chi connectivity index (χ3v) is 23.9. The fraction of sp³-hybridized carbons (Fsp3) is 0.382. The predicted octanol–water partition coefficient (Wildman–Crippen LogP) is 21.2. The Bertz CT molecular complexity index is 4980. The largest absolute Gasteiger partial charge is 0.481 e. The molecular formula is C110H137Cl3N8O11. The number of carbonyl (C=O) groups is 8. The van der Waals surface area contributed by atoms with Gasteiger partial charge >= 0.3 is 18.2 Å². The van der Waals surface area contributed by atoms with E-state index in [9.17, 15) is 43.5 Å². The highest BCUT2D eigenvalue weighted by Gasteiger charge is 2.46. The quantitative estimate of drug-likeness (QED) is 0.0230. The zero-order valence-corrected chi connectivity index (χ0v) is 79.2. The summed E-state index contributed by atoms with van der Waals surface area (Å²) in [6.45, 7) is 18.3. The van der Waals surface area contributed by atoms with Gasteiger partial charge in [-0.05, 0) is 212 Å². The highest BCUT2D eigenvalue weighted by molar-refractivity contribution is 6.63. The molecule has 0 bridgehead atoms. The molecular weight excluding hydrogens is 1720 g/mol. The molecule has 4 aliphatic heterocycles. The average Bonchev–Trinajstić information content (AvgIpc) is 0.809. The Morgan fingerprint density at radius 1 is 0.348 bits per heavy atom. The first-order chi connectivity index (χ1) is 63.1. The number of nitrogens with two attached hydrogens (primary N) is 1. The van der Waals surface area contributed by atoms with Crippen LogP contribution in [0, 0.1) is 21.7 Å². The molecule has 22 heteroatoms. The van der Waals surface area contributed by atoms with Gasteiger partial charge < -0.3 is 56.3 Å². The van der Waals surface area contributed by atoms with Crippen LogP contribution in [0.2, 0.25) is 0 Å². The number of benzene rings is 10. The molecule has 4 aliphatic rings. The number of carboxylic acid groups (broad SMARTS) is 1. The summed E-state index contributed by atoms with van der Waals surface area (Å²) in [6, 6.07) is 100. The van der Waals surface area contributed by atoms with Crippen molar-refractivity contribution >= 4 is 81.8 Å². The van der Waals surface area contributed by atoms with Crippen LogP contribution >= 0.6 is 34.8 Å². The topological polar surface area (TPSA) is 259 Å². The fourth-order valence-corrected chi connectivity index (χ4v) is 16.4. The first-order valence-corrected chi connectivity index (χ1v) is 46.9. The fourth-order valence-electron chi connectivity index (χ4n) is 16.3. The van der Waals surface area contributed by atoms with Crippen molar-refractivity contribution in [2.45, 2.75) is 189 Å². The molecule has 0 saturated carbocycles. The molecule has 14 rings (SSSR count). The molecule has 4 heterocycles. The van der Waals surface area contributed by atoms with E-state index in [0.717, 1.165) is 84.1 Å². The monoisotopic (exact) mass is 1850 g/mol. The van der Waals surface area contributed by atoms with Crippen molar-refractivity contribution in [2.75, 3.05) is 57.7 Å². The Labute approximate surface area is 798 Å². The Kier molecular flexibility index (Phi) is 46.0. The highest BCUT2D eigenvalue weighted by Crippen LogP contribution is 2.40. The Morgan fingerprint density at radius 3 is 0.826 bits per heavy atom. The number of aliphatic carboxylic acids is 1. The number of hydrogen-bond donors (Lipinski definition) is 6. The first-order valence-electron chi connectivity index (χ1n) is 45.5. The molecule has 4 saturated heterocycles. The van der Waals surface area contributed by atoms with E-state index < -0.39 is 33.4 Å². The minimum absolute atomic E-state index is 0. The van der Waals surface area contributed by atoms with Crippen LogP contribution in [0.5, 0.6) is 0 Å². The standard InChI is InChI=1S/C29H32N2O2.C25H32N2O3.C20H24N2O.C18H25NO4.C9H9ClO.C7H9N.CH2Cl2.CH4/c32-27(17-16-24-10-4-1-5-11-24)31-20-18-29(19-21-31,22-25-12-6-2-7-13-25)28(33)30-23-26-14-8-3-9-15-26;1-24(2,3)30-23(29)27-16-14-25(15-17-27,18-20-10-6-4-7-11-20)22(28)26-19-21-12-8-5-9-13-21;23-19(22-16-18-9-5-2-6-10-18)20(11-13-21-14-12-20)15-17-7-3-1-4-8-17;1-17(2,3)23-16(22)19-11-9-18(10-12-19,15(20)21)13-14-7-5-4-6-8-14;10-9(11)7-6-8-4-2-1-3-5-8;8-6-7-4-2-1-3-5-7;2-1-3;/h1-15H,16-23H2,(H,30,33);4-13H,14-19H2,1-3H3,(H,26,28);1-10,21H,11-16H2,(H,22,23);4-8H,9-13H2,1-3H3,(H,20,21);1-5H,6-7H2;1-5H,6,8H2;1H2;1H4. The average molecular weight is 1850 g/mol. The molecule has 0 atom stereocenters. The van der Waals surface area contributed by atoms with Crippen molar-refractivity contribution in [3.63, 3.8) is 0 Å². The lowest BCUT2D eigenvalue weighted by Crippen LogP contribution is -2.51. The molecule has 10 aromatic carbocycles. The number of carboxylic acids is 1. The number of nitrogens with one attached hydrogen (secondary N) is 4. The van der Waals surface area contributed by atoms with Gasteiger partial charge in [-0.25, -0.2) is 9.59 Å². The number of halogens is 3. The number of aryl methyl sites for hydroxylation is 2. The van der Waals surface area contributed by atoms with E-state index in [-0.39, 0.29) is 59.2 Å². The van der Waals surface area contributed by atoms with E-state index in [1.807, 2.05) is 301 Å². The molecule has 6 amide bonds. The van der Waals surface area contributed by atoms with Crippen LogP contribution in [0.1, 0.15) is 169 Å². The van der Waals surface area contributed by atoms with Gasteiger partial charge in [0, 0.05) is 78.3 Å². The number of alkyl halides is 2. The van der Waals surface area contributed by atoms with Crippen molar-refractivity contribution in [2.24, 2.45) is 27.4 Å². The summed E-state index contributed by atoms with van der Waals surface area (Å²) >= 11 is 14.7. The van der Waals surface area contributed by atoms with Gasteiger partial charge in [-0.2, -0.15) is 0 Å². The van der Waals surface area contributed by atoms with E-state index in [1.54, 1.807) is 9.80 Å². The summed E-state index contributed by atoms with van der Waals surface area (Å²) in [5.74, 6) is -0.278. The Hall–Kier alpha value is -11.5. The molecule has 4 fully saturated rings. The minimum Gasteiger partial charge on any atom is -0.481 e. The number of ether oxygens (including phenoxy) is 2. The lowest BCUT2D eigenvalue weighted by molar-refractivity contribution is -0.152. The summed E-state index contributed by atoms with van der Waals surface area (Å²) in [6.07, 6.45) is 9.67. The lowest BCUT2D eigenvalue weighted by atomic mass is 9.72. The van der Waals surface area contributed by atoms with E-state index in [1.165, 1.54) is 16.7 Å². The second kappa shape index (κ2) is 56.4. The zero-order valence-electron chi connectivity index (χ0n) is 77.0. The number of nitrogens with zero attached hydrogens (tertiary/aromatic N) is 3. The SMILES string of the molecule is C.CC(C)(C)OC(=O)N1CCC(Cc2ccccc2)(C(=O)NCc2ccccc2)CC1.CC(C)(C)OC(=O)N1CCC(Cc2ccccc2)(C(=O)O)CC1.ClCCl.NCc1ccccc1.O=C(CCc1ccccc1)N1CCC(Cc2ccccc2)(C(=O)NCc2ccccc2)CC1.O=C(Cl)CCc1ccccc1.O=C(NCc1ccccc1)C1(Cc2ccccc2)CCNCC1. The molecule has 132 heavy (non-hydrogen) atoms. The van der Waals surface area contributed by atoms with E-state index >= 15 is 0 Å². The summed E-state index contributed by atoms with van der Waals surface area (Å²) in [4.78, 5) is 105. The molecule has 0 radical (unpaired) electrons. The molecule has 0 aromatic heterocycles. The maximum Gasteiger partial charge on any atom is 0.410 e. The molecule has 10 aromatic rings. The summed E-state index contributed by atoms with van der Waals surface area (Å²) < 4.78 is 10.9. The molecule has 0 aliphatic carbocycles. The second-order valence-electron chi connectivity index (χ2n) is 35.8.